The fraction of sp³-hybridized carbons (Fsp3) is 0.182. The van der Waals surface area contributed by atoms with Crippen molar-refractivity contribution in [3.63, 3.8) is 0 Å². The molecular formula is C11H13N9S. The number of rotatable bonds is 5. The van der Waals surface area contributed by atoms with Crippen molar-refractivity contribution in [3.05, 3.63) is 34.5 Å². The lowest BCUT2D eigenvalue weighted by Gasteiger charge is -2.07. The molecule has 0 bridgehead atoms. The molecule has 0 saturated carbocycles. The Bertz CT molecular complexity index is 721. The summed E-state index contributed by atoms with van der Waals surface area (Å²) in [4.78, 5) is 18.9. The Morgan fingerprint density at radius 1 is 1.24 bits per heavy atom. The number of anilines is 2. The minimum absolute atomic E-state index is 0.250. The molecule has 3 heterocycles. The van der Waals surface area contributed by atoms with Gasteiger partial charge in [-0.05, 0) is 19.1 Å². The van der Waals surface area contributed by atoms with Gasteiger partial charge in [-0.1, -0.05) is 0 Å². The first kappa shape index (κ1) is 13.4. The number of aryl methyl sites for hydroxylation is 1. The van der Waals surface area contributed by atoms with Gasteiger partial charge in [0.2, 0.25) is 11.9 Å². The molecule has 0 radical (unpaired) electrons. The maximum absolute atomic E-state index is 5.38. The number of aromatic nitrogens is 6. The van der Waals surface area contributed by atoms with Crippen molar-refractivity contribution in [1.29, 1.82) is 0 Å². The number of nitrogen functional groups attached to an aromatic ring is 1. The van der Waals surface area contributed by atoms with Crippen LogP contribution < -0.4 is 16.6 Å². The number of nitrogens with two attached hydrogens (primary N) is 1. The molecular weight excluding hydrogens is 290 g/mol. The molecule has 0 saturated heterocycles. The summed E-state index contributed by atoms with van der Waals surface area (Å²) in [5.74, 6) is 6.37. The summed E-state index contributed by atoms with van der Waals surface area (Å²) < 4.78 is 1.43. The minimum Gasteiger partial charge on any atom is -0.349 e. The number of thiophene rings is 1. The second kappa shape index (κ2) is 5.81. The molecule has 0 unspecified atom stereocenters. The monoisotopic (exact) mass is 303 g/mol. The quantitative estimate of drug-likeness (QED) is 0.466. The van der Waals surface area contributed by atoms with Crippen molar-refractivity contribution in [2.45, 2.75) is 13.5 Å². The van der Waals surface area contributed by atoms with Gasteiger partial charge in [0, 0.05) is 9.75 Å². The van der Waals surface area contributed by atoms with Gasteiger partial charge in [0.15, 0.2) is 0 Å². The molecule has 0 atom stereocenters. The molecule has 0 amide bonds. The minimum atomic E-state index is 0.250. The van der Waals surface area contributed by atoms with Crippen LogP contribution in [0.1, 0.15) is 9.75 Å². The summed E-state index contributed by atoms with van der Waals surface area (Å²) in [7, 11) is 0. The summed E-state index contributed by atoms with van der Waals surface area (Å²) in [5.41, 5.74) is 2.41. The van der Waals surface area contributed by atoms with E-state index in [0.717, 1.165) is 0 Å². The van der Waals surface area contributed by atoms with Crippen LogP contribution in [0.25, 0.3) is 5.95 Å². The fourth-order valence-electron chi connectivity index (χ4n) is 1.67. The highest BCUT2D eigenvalue weighted by atomic mass is 32.1. The molecule has 10 heteroatoms. The summed E-state index contributed by atoms with van der Waals surface area (Å²) in [6.07, 6.45) is 2.91. The molecule has 108 valence electrons. The van der Waals surface area contributed by atoms with Crippen LogP contribution in [-0.4, -0.2) is 29.7 Å². The van der Waals surface area contributed by atoms with Gasteiger partial charge >= 0.3 is 0 Å². The Morgan fingerprint density at radius 2 is 2.10 bits per heavy atom. The number of hydrazine groups is 1. The second-order valence-electron chi connectivity index (χ2n) is 4.13. The summed E-state index contributed by atoms with van der Waals surface area (Å²) in [6.45, 7) is 2.69. The largest absolute Gasteiger partial charge is 0.349 e. The Labute approximate surface area is 124 Å². The SMILES string of the molecule is Cc1ccc(CNc2nc(NN)nc(-n3cncn3)n2)s1. The van der Waals surface area contributed by atoms with Crippen LogP contribution in [0.4, 0.5) is 11.9 Å². The van der Waals surface area contributed by atoms with Gasteiger partial charge in [-0.15, -0.1) is 11.3 Å². The topological polar surface area (TPSA) is 119 Å². The van der Waals surface area contributed by atoms with E-state index < -0.39 is 0 Å². The van der Waals surface area contributed by atoms with Gasteiger partial charge in [-0.25, -0.2) is 10.8 Å². The fourth-order valence-corrected chi connectivity index (χ4v) is 2.50. The predicted octanol–water partition coefficient (Wildman–Crippen LogP) is 0.720. The van der Waals surface area contributed by atoms with Crippen LogP contribution in [0.3, 0.4) is 0 Å². The Balaban J connectivity index is 1.82. The van der Waals surface area contributed by atoms with E-state index in [1.807, 2.05) is 0 Å². The van der Waals surface area contributed by atoms with E-state index in [0.29, 0.717) is 18.4 Å². The Hall–Kier alpha value is -2.59. The average Bonchev–Trinajstić information content (AvgIpc) is 3.16. The van der Waals surface area contributed by atoms with E-state index in [1.165, 1.54) is 27.1 Å². The van der Waals surface area contributed by atoms with Gasteiger partial charge in [0.05, 0.1) is 6.54 Å². The van der Waals surface area contributed by atoms with Crippen LogP contribution in [0.2, 0.25) is 0 Å². The van der Waals surface area contributed by atoms with Crippen molar-refractivity contribution in [1.82, 2.24) is 29.7 Å². The van der Waals surface area contributed by atoms with Gasteiger partial charge < -0.3 is 5.32 Å². The molecule has 0 spiro atoms. The molecule has 21 heavy (non-hydrogen) atoms. The van der Waals surface area contributed by atoms with Crippen LogP contribution in [0.5, 0.6) is 0 Å². The third kappa shape index (κ3) is 3.12. The highest BCUT2D eigenvalue weighted by Crippen LogP contribution is 2.16. The van der Waals surface area contributed by atoms with Gasteiger partial charge in [0.1, 0.15) is 12.7 Å². The van der Waals surface area contributed by atoms with Gasteiger partial charge in [-0.2, -0.15) is 24.7 Å². The molecule has 0 fully saturated rings. The van der Waals surface area contributed by atoms with Crippen molar-refractivity contribution < 1.29 is 0 Å². The summed E-state index contributed by atoms with van der Waals surface area (Å²) in [5, 5.41) is 7.13. The zero-order valence-electron chi connectivity index (χ0n) is 11.2. The molecule has 0 aliphatic rings. The lowest BCUT2D eigenvalue weighted by atomic mass is 10.4. The van der Waals surface area contributed by atoms with Crippen molar-refractivity contribution in [2.24, 2.45) is 5.84 Å². The maximum Gasteiger partial charge on any atom is 0.258 e. The van der Waals surface area contributed by atoms with E-state index in [2.05, 4.69) is 54.8 Å². The van der Waals surface area contributed by atoms with Gasteiger partial charge in [0.25, 0.3) is 5.95 Å². The molecule has 9 nitrogen and oxygen atoms in total. The van der Waals surface area contributed by atoms with E-state index >= 15 is 0 Å². The highest BCUT2D eigenvalue weighted by molar-refractivity contribution is 7.11. The third-order valence-electron chi connectivity index (χ3n) is 2.59. The molecule has 0 aliphatic heterocycles. The summed E-state index contributed by atoms with van der Waals surface area (Å²) in [6, 6.07) is 4.14. The molecule has 3 rings (SSSR count). The Morgan fingerprint density at radius 3 is 2.76 bits per heavy atom. The zero-order valence-corrected chi connectivity index (χ0v) is 12.0. The molecule has 3 aromatic rings. The van der Waals surface area contributed by atoms with Crippen LogP contribution in [0.15, 0.2) is 24.8 Å². The molecule has 0 aromatic carbocycles. The van der Waals surface area contributed by atoms with E-state index in [9.17, 15) is 0 Å². The lowest BCUT2D eigenvalue weighted by molar-refractivity contribution is 0.794. The first-order valence-electron chi connectivity index (χ1n) is 6.11. The zero-order chi connectivity index (χ0) is 14.7. The van der Waals surface area contributed by atoms with Crippen LogP contribution in [0, 0.1) is 6.92 Å². The lowest BCUT2D eigenvalue weighted by Crippen LogP contribution is -2.16. The first-order valence-corrected chi connectivity index (χ1v) is 6.93. The van der Waals surface area contributed by atoms with E-state index in [-0.39, 0.29) is 5.95 Å². The van der Waals surface area contributed by atoms with Crippen LogP contribution >= 0.6 is 11.3 Å². The number of hydrogen-bond acceptors (Lipinski definition) is 9. The maximum atomic E-state index is 5.38. The summed E-state index contributed by atoms with van der Waals surface area (Å²) >= 11 is 1.72. The van der Waals surface area contributed by atoms with E-state index in [1.54, 1.807) is 11.3 Å². The normalized spacial score (nSPS) is 10.6. The molecule has 3 aromatic heterocycles. The number of nitrogens with one attached hydrogen (secondary N) is 2. The van der Waals surface area contributed by atoms with Crippen molar-refractivity contribution in [2.75, 3.05) is 10.7 Å². The number of hydrogen-bond donors (Lipinski definition) is 3. The van der Waals surface area contributed by atoms with Crippen LogP contribution in [-0.2, 0) is 6.54 Å². The average molecular weight is 303 g/mol. The highest BCUT2D eigenvalue weighted by Gasteiger charge is 2.08. The molecule has 0 aliphatic carbocycles. The predicted molar refractivity (Wildman–Crippen MR) is 78.9 cm³/mol. The van der Waals surface area contributed by atoms with Crippen molar-refractivity contribution >= 4 is 23.2 Å². The van der Waals surface area contributed by atoms with Crippen molar-refractivity contribution in [3.8, 4) is 5.95 Å². The van der Waals surface area contributed by atoms with E-state index in [4.69, 9.17) is 5.84 Å². The second-order valence-corrected chi connectivity index (χ2v) is 5.51. The number of nitrogens with zero attached hydrogens (tertiary/aromatic N) is 6. The van der Waals surface area contributed by atoms with Gasteiger partial charge in [-0.3, -0.25) is 5.43 Å². The Kier molecular flexibility index (Phi) is 3.71. The smallest absolute Gasteiger partial charge is 0.258 e. The third-order valence-corrected chi connectivity index (χ3v) is 3.59. The first-order chi connectivity index (χ1) is 10.2. The molecule has 4 N–H and O–H groups in total. The standard InChI is InChI=1S/C11H13N9S/c1-7-2-3-8(21-7)4-14-9-16-10(19-12)18-11(17-9)20-6-13-5-15-20/h2-3,5-6H,4,12H2,1H3,(H2,14,16,17,18,19).